The highest BCUT2D eigenvalue weighted by Crippen LogP contribution is 2.25. The fraction of sp³-hybridized carbons (Fsp3) is 0.342. The number of carbonyl (C=O) groups excluding carboxylic acids is 3. The van der Waals surface area contributed by atoms with Crippen molar-refractivity contribution >= 4 is 24.0 Å². The average Bonchev–Trinajstić information content (AvgIpc) is 3.11. The minimum atomic E-state index is -0.495. The monoisotopic (exact) mass is 642 g/mol. The van der Waals surface area contributed by atoms with Crippen LogP contribution < -0.4 is 9.47 Å². The number of hydrogen-bond acceptors (Lipinski definition) is 9. The van der Waals surface area contributed by atoms with Gasteiger partial charge in [0, 0.05) is 18.8 Å². The van der Waals surface area contributed by atoms with Crippen LogP contribution in [-0.2, 0) is 28.5 Å². The Hall–Kier alpha value is -4.73. The van der Waals surface area contributed by atoms with Crippen molar-refractivity contribution in [3.8, 4) is 11.5 Å². The second-order valence-corrected chi connectivity index (χ2v) is 10.9. The van der Waals surface area contributed by atoms with Crippen LogP contribution in [0.4, 0.5) is 0 Å². The molecule has 2 atom stereocenters. The Morgan fingerprint density at radius 1 is 0.809 bits per heavy atom. The molecular formula is C38H42O9. The van der Waals surface area contributed by atoms with Crippen molar-refractivity contribution in [2.45, 2.75) is 57.3 Å². The number of carbonyl (C=O) groups is 3. The SMILES string of the molecule is C=CC(=O)OCCCCCCOc1ccc(C(=O)Oc2ccc(C=CC(=O)OCC(OC3CCCCO3)c3ccccc3)cc2)cc1. The molecule has 4 rings (SSSR count). The summed E-state index contributed by atoms with van der Waals surface area (Å²) in [6.45, 7) is 5.03. The Morgan fingerprint density at radius 2 is 1.53 bits per heavy atom. The first-order chi connectivity index (χ1) is 23.0. The molecule has 9 heteroatoms. The van der Waals surface area contributed by atoms with Gasteiger partial charge in [0.1, 0.15) is 24.2 Å². The molecule has 1 aliphatic rings. The van der Waals surface area contributed by atoms with E-state index in [0.29, 0.717) is 36.9 Å². The summed E-state index contributed by atoms with van der Waals surface area (Å²) in [6, 6.07) is 23.2. The standard InChI is InChI=1S/C38H42O9/c1-2-35(39)43-26-10-4-3-9-25-42-32-22-18-31(19-23-32)38(41)46-33-20-15-29(16-21-33)17-24-36(40)45-28-34(30-12-6-5-7-13-30)47-37-14-8-11-27-44-37/h2,5-7,12-13,15-24,34,37H,1,3-4,8-11,14,25-28H2. The fourth-order valence-electron chi connectivity index (χ4n) is 4.73. The molecule has 1 saturated heterocycles. The first-order valence-corrected chi connectivity index (χ1v) is 16.0. The largest absolute Gasteiger partial charge is 0.494 e. The van der Waals surface area contributed by atoms with Crippen molar-refractivity contribution in [1.29, 1.82) is 0 Å². The molecule has 2 unspecified atom stereocenters. The van der Waals surface area contributed by atoms with Gasteiger partial charge in [-0.15, -0.1) is 0 Å². The third kappa shape index (κ3) is 12.9. The number of esters is 3. The van der Waals surface area contributed by atoms with Gasteiger partial charge in [-0.05, 0) is 98.5 Å². The molecule has 0 radical (unpaired) electrons. The molecule has 0 aromatic heterocycles. The van der Waals surface area contributed by atoms with Gasteiger partial charge in [0.05, 0.1) is 18.8 Å². The molecular weight excluding hydrogens is 600 g/mol. The van der Waals surface area contributed by atoms with E-state index in [1.165, 1.54) is 6.08 Å². The van der Waals surface area contributed by atoms with Crippen LogP contribution in [0.3, 0.4) is 0 Å². The second kappa shape index (κ2) is 19.7. The van der Waals surface area contributed by atoms with Gasteiger partial charge < -0.3 is 28.4 Å². The molecule has 248 valence electrons. The molecule has 0 amide bonds. The molecule has 0 aliphatic carbocycles. The molecule has 0 saturated carbocycles. The van der Waals surface area contributed by atoms with E-state index in [-0.39, 0.29) is 12.9 Å². The normalized spacial score (nSPS) is 15.0. The molecule has 1 heterocycles. The lowest BCUT2D eigenvalue weighted by Gasteiger charge is -2.27. The van der Waals surface area contributed by atoms with Crippen LogP contribution in [0.2, 0.25) is 0 Å². The van der Waals surface area contributed by atoms with Crippen molar-refractivity contribution in [2.75, 3.05) is 26.4 Å². The average molecular weight is 643 g/mol. The maximum Gasteiger partial charge on any atom is 0.343 e. The van der Waals surface area contributed by atoms with Crippen LogP contribution >= 0.6 is 0 Å². The highest BCUT2D eigenvalue weighted by molar-refractivity contribution is 5.91. The van der Waals surface area contributed by atoms with Crippen molar-refractivity contribution in [1.82, 2.24) is 0 Å². The van der Waals surface area contributed by atoms with Gasteiger partial charge in [0.25, 0.3) is 0 Å². The van der Waals surface area contributed by atoms with Crippen molar-refractivity contribution in [2.24, 2.45) is 0 Å². The molecule has 0 bridgehead atoms. The van der Waals surface area contributed by atoms with E-state index in [0.717, 1.165) is 62.1 Å². The van der Waals surface area contributed by atoms with Gasteiger partial charge in [-0.1, -0.05) is 49.0 Å². The number of unbranched alkanes of at least 4 members (excludes halogenated alkanes) is 3. The summed E-state index contributed by atoms with van der Waals surface area (Å²) in [6.07, 6.45) is 9.83. The van der Waals surface area contributed by atoms with Crippen LogP contribution in [0.15, 0.2) is 97.6 Å². The lowest BCUT2D eigenvalue weighted by molar-refractivity contribution is -0.200. The summed E-state index contributed by atoms with van der Waals surface area (Å²) in [5.41, 5.74) is 2.05. The molecule has 47 heavy (non-hydrogen) atoms. The van der Waals surface area contributed by atoms with Crippen molar-refractivity contribution < 1.29 is 42.8 Å². The molecule has 3 aromatic carbocycles. The third-order valence-electron chi connectivity index (χ3n) is 7.31. The maximum absolute atomic E-state index is 12.6. The molecule has 0 N–H and O–H groups in total. The smallest absolute Gasteiger partial charge is 0.343 e. The summed E-state index contributed by atoms with van der Waals surface area (Å²) in [7, 11) is 0. The number of ether oxygens (including phenoxy) is 6. The summed E-state index contributed by atoms with van der Waals surface area (Å²) in [5, 5.41) is 0. The van der Waals surface area contributed by atoms with Gasteiger partial charge in [-0.3, -0.25) is 0 Å². The molecule has 1 fully saturated rings. The zero-order chi connectivity index (χ0) is 33.1. The Morgan fingerprint density at radius 3 is 2.23 bits per heavy atom. The number of hydrogen-bond donors (Lipinski definition) is 0. The predicted molar refractivity (Wildman–Crippen MR) is 177 cm³/mol. The van der Waals surface area contributed by atoms with Gasteiger partial charge in [0.2, 0.25) is 0 Å². The molecule has 3 aromatic rings. The Labute approximate surface area is 276 Å². The van der Waals surface area contributed by atoms with Gasteiger partial charge in [0.15, 0.2) is 6.29 Å². The van der Waals surface area contributed by atoms with E-state index in [1.54, 1.807) is 54.6 Å². The maximum atomic E-state index is 12.6. The Balaban J connectivity index is 1.16. The van der Waals surface area contributed by atoms with Crippen LogP contribution in [0.1, 0.15) is 72.5 Å². The lowest BCUT2D eigenvalue weighted by Crippen LogP contribution is -2.26. The highest BCUT2D eigenvalue weighted by atomic mass is 16.7. The van der Waals surface area contributed by atoms with E-state index in [9.17, 15) is 14.4 Å². The van der Waals surface area contributed by atoms with Crippen molar-refractivity contribution in [3.63, 3.8) is 0 Å². The summed E-state index contributed by atoms with van der Waals surface area (Å²) in [4.78, 5) is 36.1. The third-order valence-corrected chi connectivity index (χ3v) is 7.31. The summed E-state index contributed by atoms with van der Waals surface area (Å²) in [5.74, 6) is -0.344. The topological polar surface area (TPSA) is 107 Å². The van der Waals surface area contributed by atoms with Gasteiger partial charge >= 0.3 is 17.9 Å². The second-order valence-electron chi connectivity index (χ2n) is 10.9. The van der Waals surface area contributed by atoms with Crippen molar-refractivity contribution in [3.05, 3.63) is 114 Å². The highest BCUT2D eigenvalue weighted by Gasteiger charge is 2.22. The minimum absolute atomic E-state index is 0.0625. The molecule has 9 nitrogen and oxygen atoms in total. The van der Waals surface area contributed by atoms with E-state index in [2.05, 4.69) is 6.58 Å². The van der Waals surface area contributed by atoms with Gasteiger partial charge in [-0.25, -0.2) is 14.4 Å². The number of rotatable bonds is 18. The van der Waals surface area contributed by atoms with Crippen LogP contribution in [-0.4, -0.2) is 50.6 Å². The van der Waals surface area contributed by atoms with Crippen LogP contribution in [0.5, 0.6) is 11.5 Å². The Kier molecular flexibility index (Phi) is 14.7. The van der Waals surface area contributed by atoms with Crippen LogP contribution in [0.25, 0.3) is 6.08 Å². The van der Waals surface area contributed by atoms with E-state index < -0.39 is 24.0 Å². The van der Waals surface area contributed by atoms with Crippen LogP contribution in [0, 0.1) is 0 Å². The lowest BCUT2D eigenvalue weighted by atomic mass is 10.1. The molecule has 1 aliphatic heterocycles. The quantitative estimate of drug-likeness (QED) is 0.0607. The predicted octanol–water partition coefficient (Wildman–Crippen LogP) is 7.42. The van der Waals surface area contributed by atoms with E-state index in [1.807, 2.05) is 30.3 Å². The minimum Gasteiger partial charge on any atom is -0.494 e. The zero-order valence-electron chi connectivity index (χ0n) is 26.6. The van der Waals surface area contributed by atoms with E-state index in [4.69, 9.17) is 28.4 Å². The summed E-state index contributed by atoms with van der Waals surface area (Å²) < 4.78 is 33.6. The first-order valence-electron chi connectivity index (χ1n) is 16.0. The Bertz CT molecular complexity index is 1430. The zero-order valence-corrected chi connectivity index (χ0v) is 26.6. The van der Waals surface area contributed by atoms with Gasteiger partial charge in [-0.2, -0.15) is 0 Å². The number of benzene rings is 3. The van der Waals surface area contributed by atoms with E-state index >= 15 is 0 Å². The fourth-order valence-corrected chi connectivity index (χ4v) is 4.73. The first kappa shape index (κ1) is 35.1. The summed E-state index contributed by atoms with van der Waals surface area (Å²) >= 11 is 0. The molecule has 0 spiro atoms.